The summed E-state index contributed by atoms with van der Waals surface area (Å²) in [5.74, 6) is -1.57. The molecule has 1 unspecified atom stereocenters. The fourth-order valence-corrected chi connectivity index (χ4v) is 4.00. The lowest BCUT2D eigenvalue weighted by molar-refractivity contribution is -0.139. The molecule has 0 saturated carbocycles. The fourth-order valence-electron chi connectivity index (χ4n) is 3.80. The molecule has 1 heterocycles. The molecule has 7 nitrogen and oxygen atoms in total. The number of esters is 2. The molecule has 2 aromatic carbocycles. The molecule has 34 heavy (non-hydrogen) atoms. The number of rotatable bonds is 7. The zero-order chi connectivity index (χ0) is 24.8. The lowest BCUT2D eigenvalue weighted by Crippen LogP contribution is -2.32. The zero-order valence-corrected chi connectivity index (χ0v) is 20.1. The predicted octanol–water partition coefficient (Wildman–Crippen LogP) is 4.72. The van der Waals surface area contributed by atoms with Gasteiger partial charge in [0, 0.05) is 16.4 Å². The molecule has 0 spiro atoms. The summed E-state index contributed by atoms with van der Waals surface area (Å²) < 4.78 is 15.6. The van der Waals surface area contributed by atoms with Crippen LogP contribution < -0.4 is 10.1 Å². The van der Waals surface area contributed by atoms with E-state index in [1.807, 2.05) is 0 Å². The Morgan fingerprint density at radius 3 is 2.50 bits per heavy atom. The molecular formula is C26H26ClNO6. The van der Waals surface area contributed by atoms with Crippen molar-refractivity contribution in [3.63, 3.8) is 0 Å². The van der Waals surface area contributed by atoms with Gasteiger partial charge in [0.25, 0.3) is 0 Å². The van der Waals surface area contributed by atoms with Crippen molar-refractivity contribution in [2.24, 2.45) is 0 Å². The second kappa shape index (κ2) is 10.9. The van der Waals surface area contributed by atoms with Crippen LogP contribution in [0.2, 0.25) is 5.02 Å². The first-order valence-electron chi connectivity index (χ1n) is 10.6. The molecule has 3 rings (SSSR count). The van der Waals surface area contributed by atoms with Gasteiger partial charge in [0.1, 0.15) is 0 Å². The minimum atomic E-state index is -0.763. The van der Waals surface area contributed by atoms with Crippen molar-refractivity contribution in [3.05, 3.63) is 87.2 Å². The van der Waals surface area contributed by atoms with Crippen LogP contribution in [-0.2, 0) is 19.1 Å². The highest BCUT2D eigenvalue weighted by molar-refractivity contribution is 6.30. The third-order valence-electron chi connectivity index (χ3n) is 5.32. The van der Waals surface area contributed by atoms with Gasteiger partial charge in [-0.15, -0.1) is 0 Å². The number of carbonyl (C=O) groups excluding carboxylic acids is 2. The maximum atomic E-state index is 13.2. The van der Waals surface area contributed by atoms with Crippen molar-refractivity contribution in [2.45, 2.75) is 19.8 Å². The van der Waals surface area contributed by atoms with Gasteiger partial charge in [-0.25, -0.2) is 9.59 Å². The van der Waals surface area contributed by atoms with E-state index in [-0.39, 0.29) is 23.5 Å². The van der Waals surface area contributed by atoms with Gasteiger partial charge in [0.05, 0.1) is 37.9 Å². The topological polar surface area (TPSA) is 94.1 Å². The number of carbonyl (C=O) groups is 2. The number of hydrogen-bond donors (Lipinski definition) is 2. The maximum absolute atomic E-state index is 13.2. The average molecular weight is 484 g/mol. The van der Waals surface area contributed by atoms with Crippen molar-refractivity contribution < 1.29 is 28.9 Å². The number of hydrogen-bond acceptors (Lipinski definition) is 7. The number of phenolic OH excluding ortho intramolecular Hbond substituents is 1. The summed E-state index contributed by atoms with van der Waals surface area (Å²) in [4.78, 5) is 26.0. The molecule has 0 radical (unpaired) electrons. The summed E-state index contributed by atoms with van der Waals surface area (Å²) in [6, 6.07) is 11.9. The molecule has 178 valence electrons. The van der Waals surface area contributed by atoms with E-state index in [0.717, 1.165) is 5.56 Å². The lowest BCUT2D eigenvalue weighted by Gasteiger charge is -2.30. The summed E-state index contributed by atoms with van der Waals surface area (Å²) in [7, 11) is 2.75. The number of aromatic hydroxyl groups is 1. The lowest BCUT2D eigenvalue weighted by atomic mass is 9.80. The van der Waals surface area contributed by atoms with Gasteiger partial charge in [-0.3, -0.25) is 0 Å². The van der Waals surface area contributed by atoms with Crippen LogP contribution >= 0.6 is 11.6 Å². The van der Waals surface area contributed by atoms with E-state index >= 15 is 0 Å². The Balaban J connectivity index is 2.20. The molecule has 2 aromatic rings. The number of dihydropyridines is 1. The second-order valence-corrected chi connectivity index (χ2v) is 7.89. The molecule has 0 fully saturated rings. The predicted molar refractivity (Wildman–Crippen MR) is 129 cm³/mol. The van der Waals surface area contributed by atoms with Gasteiger partial charge in [-0.2, -0.15) is 0 Å². The summed E-state index contributed by atoms with van der Waals surface area (Å²) >= 11 is 6.24. The van der Waals surface area contributed by atoms with Crippen LogP contribution in [0.3, 0.4) is 0 Å². The third kappa shape index (κ3) is 5.26. The third-order valence-corrected chi connectivity index (χ3v) is 5.56. The minimum absolute atomic E-state index is 0.0180. The second-order valence-electron chi connectivity index (χ2n) is 7.46. The van der Waals surface area contributed by atoms with Crippen LogP contribution in [0.5, 0.6) is 11.5 Å². The van der Waals surface area contributed by atoms with Crippen molar-refractivity contribution in [1.82, 2.24) is 5.32 Å². The molecular weight excluding hydrogens is 458 g/mol. The van der Waals surface area contributed by atoms with Crippen LogP contribution in [0.15, 0.2) is 71.1 Å². The van der Waals surface area contributed by atoms with Crippen molar-refractivity contribution >= 4 is 29.6 Å². The van der Waals surface area contributed by atoms with Gasteiger partial charge in [0.15, 0.2) is 11.5 Å². The zero-order valence-electron chi connectivity index (χ0n) is 19.3. The van der Waals surface area contributed by atoms with Gasteiger partial charge in [-0.1, -0.05) is 35.9 Å². The van der Waals surface area contributed by atoms with E-state index in [2.05, 4.69) is 5.32 Å². The highest BCUT2D eigenvalue weighted by Gasteiger charge is 2.38. The smallest absolute Gasteiger partial charge is 0.337 e. The van der Waals surface area contributed by atoms with Crippen molar-refractivity contribution in [2.75, 3.05) is 20.8 Å². The van der Waals surface area contributed by atoms with Crippen LogP contribution in [0.4, 0.5) is 0 Å². The number of ether oxygens (including phenoxy) is 3. The molecule has 0 amide bonds. The van der Waals surface area contributed by atoms with Crippen LogP contribution in [0.25, 0.3) is 6.08 Å². The first-order chi connectivity index (χ1) is 16.3. The molecule has 2 N–H and O–H groups in total. The van der Waals surface area contributed by atoms with Crippen molar-refractivity contribution in [1.29, 1.82) is 0 Å². The number of allylic oxidation sites excluding steroid dienone is 2. The quantitative estimate of drug-likeness (QED) is 0.550. The standard InChI is InChI=1S/C26H26ClNO6/c1-5-34-26(31)24-19(11-9-16-10-12-20(29)21(13-16)32-3)28-15(2)22(25(30)33-4)23(24)17-7-6-8-18(27)14-17/h6-14,23,28-29H,5H2,1-4H3. The average Bonchev–Trinajstić information content (AvgIpc) is 2.82. The van der Waals surface area contributed by atoms with E-state index in [1.54, 1.807) is 62.4 Å². The first-order valence-corrected chi connectivity index (χ1v) is 11.0. The Morgan fingerprint density at radius 2 is 1.85 bits per heavy atom. The number of methoxy groups -OCH3 is 2. The maximum Gasteiger partial charge on any atom is 0.337 e. The Bertz CT molecular complexity index is 1200. The Hall–Kier alpha value is -3.71. The molecule has 0 aromatic heterocycles. The van der Waals surface area contributed by atoms with Gasteiger partial charge < -0.3 is 24.6 Å². The van der Waals surface area contributed by atoms with E-state index in [0.29, 0.717) is 27.7 Å². The first kappa shape index (κ1) is 24.9. The van der Waals surface area contributed by atoms with Crippen LogP contribution in [0.1, 0.15) is 30.9 Å². The van der Waals surface area contributed by atoms with E-state index in [4.69, 9.17) is 25.8 Å². The molecule has 8 heteroatoms. The molecule has 1 atom stereocenters. The largest absolute Gasteiger partial charge is 0.504 e. The minimum Gasteiger partial charge on any atom is -0.504 e. The normalized spacial score (nSPS) is 15.9. The number of phenols is 1. The Labute approximate surface area is 203 Å². The number of halogens is 1. The fraction of sp³-hybridized carbons (Fsp3) is 0.231. The van der Waals surface area contributed by atoms with Crippen molar-refractivity contribution in [3.8, 4) is 11.5 Å². The molecule has 0 saturated heterocycles. The van der Waals surface area contributed by atoms with E-state index in [1.165, 1.54) is 20.3 Å². The molecule has 0 bridgehead atoms. The molecule has 0 aliphatic carbocycles. The van der Waals surface area contributed by atoms with Crippen LogP contribution in [0, 0.1) is 0 Å². The summed E-state index contributed by atoms with van der Waals surface area (Å²) in [6.45, 7) is 3.61. The SMILES string of the molecule is CCOC(=O)C1=C(C=Cc2ccc(O)c(OC)c2)NC(C)=C(C(=O)OC)C1c1cccc(Cl)c1. The number of nitrogens with one attached hydrogen (secondary N) is 1. The monoisotopic (exact) mass is 483 g/mol. The van der Waals surface area contributed by atoms with Gasteiger partial charge in [-0.05, 0) is 55.3 Å². The summed E-state index contributed by atoms with van der Waals surface area (Å²) in [5, 5.41) is 13.5. The highest BCUT2D eigenvalue weighted by atomic mass is 35.5. The highest BCUT2D eigenvalue weighted by Crippen LogP contribution is 2.40. The Morgan fingerprint density at radius 1 is 1.09 bits per heavy atom. The molecule has 1 aliphatic rings. The number of benzene rings is 2. The van der Waals surface area contributed by atoms with E-state index < -0.39 is 17.9 Å². The molecule has 1 aliphatic heterocycles. The van der Waals surface area contributed by atoms with Gasteiger partial charge >= 0.3 is 11.9 Å². The Kier molecular flexibility index (Phi) is 8.02. The van der Waals surface area contributed by atoms with Crippen LogP contribution in [-0.4, -0.2) is 37.9 Å². The summed E-state index contributed by atoms with van der Waals surface area (Å²) in [6.07, 6.45) is 3.47. The van der Waals surface area contributed by atoms with E-state index in [9.17, 15) is 14.7 Å². The van der Waals surface area contributed by atoms with Gasteiger partial charge in [0.2, 0.25) is 0 Å². The summed E-state index contributed by atoms with van der Waals surface area (Å²) in [5.41, 5.74) is 2.91.